The molecule has 2 aromatic carbocycles. The molecule has 0 spiro atoms. The van der Waals surface area contributed by atoms with Gasteiger partial charge in [0.1, 0.15) is 6.61 Å². The number of benzene rings is 2. The van der Waals surface area contributed by atoms with E-state index in [-0.39, 0.29) is 0 Å². The van der Waals surface area contributed by atoms with E-state index in [4.69, 9.17) is 23.7 Å². The van der Waals surface area contributed by atoms with Gasteiger partial charge in [0, 0.05) is 6.54 Å². The van der Waals surface area contributed by atoms with Crippen LogP contribution >= 0.6 is 0 Å². The predicted octanol–water partition coefficient (Wildman–Crippen LogP) is 4.61. The van der Waals surface area contributed by atoms with E-state index in [0.29, 0.717) is 23.9 Å². The number of ether oxygens (including phenoxy) is 5. The third kappa shape index (κ3) is 6.07. The minimum absolute atomic E-state index is 0.575. The van der Waals surface area contributed by atoms with Gasteiger partial charge in [-0.25, -0.2) is 0 Å². The molecule has 0 radical (unpaired) electrons. The molecule has 0 aromatic heterocycles. The number of hydrogen-bond acceptors (Lipinski definition) is 6. The molecule has 0 atom stereocenters. The van der Waals surface area contributed by atoms with Gasteiger partial charge in [0.25, 0.3) is 0 Å². The monoisotopic (exact) mass is 415 g/mol. The molecule has 0 fully saturated rings. The van der Waals surface area contributed by atoms with Gasteiger partial charge in [0.2, 0.25) is 5.75 Å². The molecule has 2 rings (SSSR count). The standard InChI is InChI=1S/C24H33NO5/c1-7-25(8-2)13-14-30-21-15-18(11-12-20(21)26-3)9-10-19-16-22(27-4)24(29-6)23(17-19)28-5/h9-12,15-17H,7-8,13-14H2,1-6H3/b10-9-. The first-order valence-corrected chi connectivity index (χ1v) is 10.1. The smallest absolute Gasteiger partial charge is 0.203 e. The van der Waals surface area contributed by atoms with Crippen LogP contribution in [0, 0.1) is 0 Å². The lowest BCUT2D eigenvalue weighted by molar-refractivity contribution is 0.217. The van der Waals surface area contributed by atoms with E-state index >= 15 is 0 Å². The van der Waals surface area contributed by atoms with Crippen molar-refractivity contribution in [2.45, 2.75) is 13.8 Å². The molecule has 0 bridgehead atoms. The van der Waals surface area contributed by atoms with Crippen LogP contribution in [0.4, 0.5) is 0 Å². The van der Waals surface area contributed by atoms with E-state index in [1.54, 1.807) is 28.4 Å². The molecular weight excluding hydrogens is 382 g/mol. The summed E-state index contributed by atoms with van der Waals surface area (Å²) in [4.78, 5) is 2.32. The SMILES string of the molecule is CCN(CC)CCOc1cc(/C=C\c2cc(OC)c(OC)c(OC)c2)ccc1OC. The first-order valence-electron chi connectivity index (χ1n) is 10.1. The second kappa shape index (κ2) is 12.0. The Morgan fingerprint density at radius 2 is 1.27 bits per heavy atom. The first-order chi connectivity index (χ1) is 14.6. The van der Waals surface area contributed by atoms with Gasteiger partial charge in [-0.1, -0.05) is 32.1 Å². The van der Waals surface area contributed by atoms with E-state index in [1.165, 1.54) is 0 Å². The van der Waals surface area contributed by atoms with Crippen molar-refractivity contribution in [2.75, 3.05) is 54.7 Å². The lowest BCUT2D eigenvalue weighted by Crippen LogP contribution is -2.27. The molecule has 0 unspecified atom stereocenters. The van der Waals surface area contributed by atoms with Crippen molar-refractivity contribution in [1.82, 2.24) is 4.90 Å². The number of rotatable bonds is 12. The van der Waals surface area contributed by atoms with Crippen LogP contribution in [0.5, 0.6) is 28.7 Å². The van der Waals surface area contributed by atoms with Gasteiger partial charge in [-0.15, -0.1) is 0 Å². The maximum Gasteiger partial charge on any atom is 0.203 e. The second-order valence-electron chi connectivity index (χ2n) is 6.58. The van der Waals surface area contributed by atoms with Crippen molar-refractivity contribution < 1.29 is 23.7 Å². The molecule has 0 aliphatic carbocycles. The fraction of sp³-hybridized carbons (Fsp3) is 0.417. The number of hydrogen-bond donors (Lipinski definition) is 0. The predicted molar refractivity (Wildman–Crippen MR) is 121 cm³/mol. The Morgan fingerprint density at radius 1 is 0.700 bits per heavy atom. The second-order valence-corrected chi connectivity index (χ2v) is 6.58. The Kier molecular flexibility index (Phi) is 9.35. The third-order valence-electron chi connectivity index (χ3n) is 4.90. The topological polar surface area (TPSA) is 49.4 Å². The van der Waals surface area contributed by atoms with Crippen LogP contribution in [-0.2, 0) is 0 Å². The molecule has 6 heteroatoms. The van der Waals surface area contributed by atoms with Crippen LogP contribution in [0.2, 0.25) is 0 Å². The molecule has 0 aliphatic rings. The Labute approximate surface area is 180 Å². The normalized spacial score (nSPS) is 11.0. The summed E-state index contributed by atoms with van der Waals surface area (Å²) in [5.74, 6) is 3.26. The van der Waals surface area contributed by atoms with Crippen LogP contribution in [0.15, 0.2) is 30.3 Å². The van der Waals surface area contributed by atoms with E-state index in [0.717, 1.165) is 42.3 Å². The average Bonchev–Trinajstić information content (AvgIpc) is 2.79. The zero-order valence-electron chi connectivity index (χ0n) is 18.9. The van der Waals surface area contributed by atoms with Crippen LogP contribution < -0.4 is 23.7 Å². The van der Waals surface area contributed by atoms with E-state index in [9.17, 15) is 0 Å². The van der Waals surface area contributed by atoms with E-state index in [1.807, 2.05) is 42.5 Å². The van der Waals surface area contributed by atoms with Gasteiger partial charge in [0.15, 0.2) is 23.0 Å². The van der Waals surface area contributed by atoms with Gasteiger partial charge in [-0.2, -0.15) is 0 Å². The molecule has 0 N–H and O–H groups in total. The molecular formula is C24H33NO5. The van der Waals surface area contributed by atoms with Gasteiger partial charge in [-0.05, 0) is 48.5 Å². The summed E-state index contributed by atoms with van der Waals surface area (Å²) in [6.07, 6.45) is 4.00. The Balaban J connectivity index is 2.21. The zero-order valence-corrected chi connectivity index (χ0v) is 18.9. The van der Waals surface area contributed by atoms with Gasteiger partial charge >= 0.3 is 0 Å². The van der Waals surface area contributed by atoms with Crippen LogP contribution in [-0.4, -0.2) is 59.6 Å². The molecule has 0 heterocycles. The summed E-state index contributed by atoms with van der Waals surface area (Å²) in [7, 11) is 6.46. The molecule has 0 saturated heterocycles. The molecule has 6 nitrogen and oxygen atoms in total. The lowest BCUT2D eigenvalue weighted by atomic mass is 10.1. The van der Waals surface area contributed by atoms with Crippen molar-refractivity contribution in [3.05, 3.63) is 41.5 Å². The van der Waals surface area contributed by atoms with Crippen molar-refractivity contribution in [3.8, 4) is 28.7 Å². The maximum absolute atomic E-state index is 6.00. The highest BCUT2D eigenvalue weighted by molar-refractivity contribution is 5.73. The molecule has 0 aliphatic heterocycles. The highest BCUT2D eigenvalue weighted by Crippen LogP contribution is 2.38. The largest absolute Gasteiger partial charge is 0.493 e. The van der Waals surface area contributed by atoms with Crippen molar-refractivity contribution in [3.63, 3.8) is 0 Å². The summed E-state index contributed by atoms with van der Waals surface area (Å²) in [5, 5.41) is 0. The molecule has 2 aromatic rings. The Morgan fingerprint density at radius 3 is 1.80 bits per heavy atom. The summed E-state index contributed by atoms with van der Waals surface area (Å²) in [6.45, 7) is 7.81. The fourth-order valence-corrected chi connectivity index (χ4v) is 3.12. The van der Waals surface area contributed by atoms with Crippen LogP contribution in [0.25, 0.3) is 12.2 Å². The van der Waals surface area contributed by atoms with Crippen molar-refractivity contribution in [2.24, 2.45) is 0 Å². The number of likely N-dealkylation sites (N-methyl/N-ethyl adjacent to an activating group) is 1. The molecule has 164 valence electrons. The van der Waals surface area contributed by atoms with Crippen LogP contribution in [0.3, 0.4) is 0 Å². The average molecular weight is 416 g/mol. The Bertz CT molecular complexity index is 805. The Hall–Kier alpha value is -2.86. The van der Waals surface area contributed by atoms with Gasteiger partial charge in [0.05, 0.1) is 28.4 Å². The summed E-state index contributed by atoms with van der Waals surface area (Å²) in [5.41, 5.74) is 1.94. The fourth-order valence-electron chi connectivity index (χ4n) is 3.12. The first kappa shape index (κ1) is 23.4. The van der Waals surface area contributed by atoms with Gasteiger partial charge in [-0.3, -0.25) is 0 Å². The number of nitrogens with zero attached hydrogens (tertiary/aromatic N) is 1. The minimum Gasteiger partial charge on any atom is -0.493 e. The lowest BCUT2D eigenvalue weighted by Gasteiger charge is -2.18. The maximum atomic E-state index is 6.00. The zero-order chi connectivity index (χ0) is 21.9. The molecule has 30 heavy (non-hydrogen) atoms. The summed E-state index contributed by atoms with van der Waals surface area (Å²) < 4.78 is 27.7. The summed E-state index contributed by atoms with van der Waals surface area (Å²) in [6, 6.07) is 9.70. The highest BCUT2D eigenvalue weighted by atomic mass is 16.5. The van der Waals surface area contributed by atoms with E-state index in [2.05, 4.69) is 18.7 Å². The summed E-state index contributed by atoms with van der Waals surface area (Å²) >= 11 is 0. The van der Waals surface area contributed by atoms with Gasteiger partial charge < -0.3 is 28.6 Å². The van der Waals surface area contributed by atoms with Crippen molar-refractivity contribution in [1.29, 1.82) is 0 Å². The molecule has 0 amide bonds. The molecule has 0 saturated carbocycles. The quantitative estimate of drug-likeness (QED) is 0.472. The highest BCUT2D eigenvalue weighted by Gasteiger charge is 2.12. The third-order valence-corrected chi connectivity index (χ3v) is 4.90. The van der Waals surface area contributed by atoms with E-state index < -0.39 is 0 Å². The van der Waals surface area contributed by atoms with Crippen LogP contribution in [0.1, 0.15) is 25.0 Å². The number of methoxy groups -OCH3 is 4. The van der Waals surface area contributed by atoms with Crippen molar-refractivity contribution >= 4 is 12.2 Å². The minimum atomic E-state index is 0.575.